The van der Waals surface area contributed by atoms with Gasteiger partial charge in [-0.1, -0.05) is 88.4 Å². The van der Waals surface area contributed by atoms with Gasteiger partial charge in [0.15, 0.2) is 0 Å². The summed E-state index contributed by atoms with van der Waals surface area (Å²) in [6.07, 6.45) is 1.02. The van der Waals surface area contributed by atoms with Crippen LogP contribution in [0.15, 0.2) is 60.7 Å². The standard InChI is InChI=1S/C10H13NO.C9H11NO2.2C2H6/c1-8(12)10(11)7-9-5-3-2-4-6-9;10-8(9(11)12)6-7-4-2-1-3-5-7;2*1-2/h2-6,10H,7,11H2,1H3;1-5,8H,6,10H2,(H,11,12);2*1-2H3/t10-;;;/m0.../s1. The molecule has 2 rings (SSSR count). The van der Waals surface area contributed by atoms with Crippen molar-refractivity contribution in [1.82, 2.24) is 0 Å². The van der Waals surface area contributed by atoms with Crippen LogP contribution in [-0.4, -0.2) is 28.9 Å². The molecular weight excluding hydrogens is 352 g/mol. The maximum Gasteiger partial charge on any atom is 0.320 e. The van der Waals surface area contributed by atoms with E-state index in [0.29, 0.717) is 12.8 Å². The van der Waals surface area contributed by atoms with E-state index in [1.54, 1.807) is 0 Å². The predicted octanol–water partition coefficient (Wildman–Crippen LogP) is 3.84. The minimum atomic E-state index is -0.959. The van der Waals surface area contributed by atoms with E-state index in [1.165, 1.54) is 6.92 Å². The van der Waals surface area contributed by atoms with Gasteiger partial charge in [0, 0.05) is 0 Å². The molecule has 0 spiro atoms. The van der Waals surface area contributed by atoms with E-state index in [9.17, 15) is 9.59 Å². The van der Waals surface area contributed by atoms with Crippen molar-refractivity contribution in [3.8, 4) is 0 Å². The Morgan fingerprint density at radius 3 is 1.36 bits per heavy atom. The average molecular weight is 389 g/mol. The van der Waals surface area contributed by atoms with Gasteiger partial charge in [-0.3, -0.25) is 9.59 Å². The van der Waals surface area contributed by atoms with Gasteiger partial charge >= 0.3 is 5.97 Å². The molecule has 0 amide bonds. The molecule has 1 unspecified atom stereocenters. The second-order valence-corrected chi connectivity index (χ2v) is 5.54. The Bertz CT molecular complexity index is 573. The van der Waals surface area contributed by atoms with E-state index in [0.717, 1.165) is 11.1 Å². The molecule has 0 aromatic heterocycles. The van der Waals surface area contributed by atoms with Gasteiger partial charge in [-0.25, -0.2) is 0 Å². The largest absolute Gasteiger partial charge is 0.480 e. The number of hydrogen-bond donors (Lipinski definition) is 3. The zero-order valence-corrected chi connectivity index (χ0v) is 17.8. The smallest absolute Gasteiger partial charge is 0.320 e. The molecule has 5 nitrogen and oxygen atoms in total. The summed E-state index contributed by atoms with van der Waals surface area (Å²) in [7, 11) is 0. The van der Waals surface area contributed by atoms with Crippen molar-refractivity contribution in [3.63, 3.8) is 0 Å². The number of benzene rings is 2. The van der Waals surface area contributed by atoms with Gasteiger partial charge in [-0.05, 0) is 30.9 Å². The monoisotopic (exact) mass is 388 g/mol. The van der Waals surface area contributed by atoms with Gasteiger partial charge in [0.2, 0.25) is 0 Å². The van der Waals surface area contributed by atoms with Gasteiger partial charge in [-0.2, -0.15) is 0 Å². The number of hydrogen-bond acceptors (Lipinski definition) is 4. The quantitative estimate of drug-likeness (QED) is 0.697. The number of rotatable bonds is 6. The van der Waals surface area contributed by atoms with Crippen LogP contribution in [0.4, 0.5) is 0 Å². The highest BCUT2D eigenvalue weighted by molar-refractivity contribution is 5.81. The van der Waals surface area contributed by atoms with Crippen molar-refractivity contribution in [1.29, 1.82) is 0 Å². The molecule has 0 saturated heterocycles. The predicted molar refractivity (Wildman–Crippen MR) is 117 cm³/mol. The normalized spacial score (nSPS) is 11.1. The fourth-order valence-corrected chi connectivity index (χ4v) is 1.97. The van der Waals surface area contributed by atoms with Crippen molar-refractivity contribution in [2.24, 2.45) is 11.5 Å². The van der Waals surface area contributed by atoms with E-state index >= 15 is 0 Å². The van der Waals surface area contributed by atoms with Crippen molar-refractivity contribution in [2.45, 2.75) is 59.5 Å². The third-order valence-corrected chi connectivity index (χ3v) is 3.44. The summed E-state index contributed by atoms with van der Waals surface area (Å²) < 4.78 is 0. The topological polar surface area (TPSA) is 106 Å². The number of carbonyl (C=O) groups is 2. The third kappa shape index (κ3) is 13.7. The summed E-state index contributed by atoms with van der Waals surface area (Å²) in [5, 5.41) is 8.52. The van der Waals surface area contributed by atoms with Crippen LogP contribution in [0.25, 0.3) is 0 Å². The van der Waals surface area contributed by atoms with Crippen LogP contribution in [0.1, 0.15) is 45.7 Å². The summed E-state index contributed by atoms with van der Waals surface area (Å²) in [6.45, 7) is 9.52. The summed E-state index contributed by atoms with van der Waals surface area (Å²) in [4.78, 5) is 21.2. The average Bonchev–Trinajstić information content (AvgIpc) is 2.73. The lowest BCUT2D eigenvalue weighted by atomic mass is 10.0. The van der Waals surface area contributed by atoms with Crippen LogP contribution in [0.2, 0.25) is 0 Å². The first-order valence-corrected chi connectivity index (χ1v) is 9.72. The maximum atomic E-state index is 10.8. The number of carboxylic acid groups (broad SMARTS) is 1. The highest BCUT2D eigenvalue weighted by Crippen LogP contribution is 2.02. The number of carboxylic acids is 1. The molecule has 0 aliphatic heterocycles. The lowest BCUT2D eigenvalue weighted by Crippen LogP contribution is -2.32. The number of aliphatic carboxylic acids is 1. The number of nitrogens with two attached hydrogens (primary N) is 2. The van der Waals surface area contributed by atoms with Crippen molar-refractivity contribution in [2.75, 3.05) is 0 Å². The lowest BCUT2D eigenvalue weighted by Gasteiger charge is -2.06. The Balaban J connectivity index is 0. The van der Waals surface area contributed by atoms with Gasteiger partial charge in [0.25, 0.3) is 0 Å². The Morgan fingerprint density at radius 2 is 1.07 bits per heavy atom. The molecule has 0 fully saturated rings. The summed E-state index contributed by atoms with van der Waals surface area (Å²) in [6, 6.07) is 18.0. The number of Topliss-reactive ketones (excluding diaryl/α,β-unsaturated/α-hetero) is 1. The summed E-state index contributed by atoms with van der Waals surface area (Å²) in [5.74, 6) is -0.919. The minimum Gasteiger partial charge on any atom is -0.480 e. The number of carbonyl (C=O) groups excluding carboxylic acids is 1. The summed E-state index contributed by atoms with van der Waals surface area (Å²) >= 11 is 0. The molecule has 0 heterocycles. The second-order valence-electron chi connectivity index (χ2n) is 5.54. The van der Waals surface area contributed by atoms with Gasteiger partial charge in [-0.15, -0.1) is 0 Å². The lowest BCUT2D eigenvalue weighted by molar-refractivity contribution is -0.138. The van der Waals surface area contributed by atoms with Gasteiger partial charge < -0.3 is 16.6 Å². The van der Waals surface area contributed by atoms with Crippen molar-refractivity contribution >= 4 is 11.8 Å². The van der Waals surface area contributed by atoms with Crippen LogP contribution in [0.5, 0.6) is 0 Å². The molecule has 2 atom stereocenters. The Kier molecular flexibility index (Phi) is 17.7. The zero-order valence-electron chi connectivity index (χ0n) is 17.8. The fourth-order valence-electron chi connectivity index (χ4n) is 1.97. The third-order valence-electron chi connectivity index (χ3n) is 3.44. The molecule has 28 heavy (non-hydrogen) atoms. The Labute approximate surface area is 169 Å². The molecule has 0 aliphatic carbocycles. The van der Waals surface area contributed by atoms with Crippen LogP contribution in [0, 0.1) is 0 Å². The van der Waals surface area contributed by atoms with Crippen molar-refractivity contribution in [3.05, 3.63) is 71.8 Å². The van der Waals surface area contributed by atoms with E-state index in [2.05, 4.69) is 0 Å². The molecule has 5 N–H and O–H groups in total. The maximum absolute atomic E-state index is 10.8. The molecule has 0 radical (unpaired) electrons. The fraction of sp³-hybridized carbons (Fsp3) is 0.391. The van der Waals surface area contributed by atoms with Crippen LogP contribution in [-0.2, 0) is 22.4 Å². The highest BCUT2D eigenvalue weighted by Gasteiger charge is 2.11. The van der Waals surface area contributed by atoms with E-state index < -0.39 is 12.0 Å². The zero-order chi connectivity index (χ0) is 21.9. The van der Waals surface area contributed by atoms with Gasteiger partial charge in [0.05, 0.1) is 6.04 Å². The molecule has 0 bridgehead atoms. The van der Waals surface area contributed by atoms with Crippen LogP contribution in [0.3, 0.4) is 0 Å². The number of ketones is 1. The Morgan fingerprint density at radius 1 is 0.750 bits per heavy atom. The minimum absolute atomic E-state index is 0.0406. The molecule has 2 aromatic carbocycles. The van der Waals surface area contributed by atoms with Crippen LogP contribution < -0.4 is 11.5 Å². The molecule has 2 aromatic rings. The van der Waals surface area contributed by atoms with Crippen molar-refractivity contribution < 1.29 is 14.7 Å². The highest BCUT2D eigenvalue weighted by atomic mass is 16.4. The molecule has 0 saturated carbocycles. The summed E-state index contributed by atoms with van der Waals surface area (Å²) in [5.41, 5.74) is 13.0. The Hall–Kier alpha value is -2.50. The molecular formula is C23H36N2O3. The van der Waals surface area contributed by atoms with E-state index in [1.807, 2.05) is 88.4 Å². The molecule has 0 aliphatic rings. The first-order valence-electron chi connectivity index (χ1n) is 9.72. The first-order chi connectivity index (χ1) is 13.4. The van der Waals surface area contributed by atoms with Gasteiger partial charge in [0.1, 0.15) is 11.8 Å². The SMILES string of the molecule is CC.CC.CC(=O)[C@@H](N)Cc1ccccc1.NC(Cc1ccccc1)C(=O)O. The van der Waals surface area contributed by atoms with Crippen LogP contribution >= 0.6 is 0 Å². The molecule has 156 valence electrons. The van der Waals surface area contributed by atoms with E-state index in [-0.39, 0.29) is 11.8 Å². The first kappa shape index (κ1) is 27.7. The van der Waals surface area contributed by atoms with E-state index in [4.69, 9.17) is 16.6 Å². The molecule has 5 heteroatoms. The second kappa shape index (κ2) is 17.9.